The van der Waals surface area contributed by atoms with E-state index in [1.54, 1.807) is 23.1 Å². The molecule has 9 heteroatoms. The molecule has 0 bridgehead atoms. The van der Waals surface area contributed by atoms with E-state index in [0.29, 0.717) is 45.6 Å². The van der Waals surface area contributed by atoms with E-state index in [9.17, 15) is 18.0 Å². The molecular formula is C28H37N3O5S. The molecule has 2 N–H and O–H groups in total. The van der Waals surface area contributed by atoms with E-state index >= 15 is 0 Å². The third-order valence-electron chi connectivity index (χ3n) is 6.10. The number of carbonyl (C=O) groups is 2. The number of hydrogen-bond donors (Lipinski definition) is 2. The van der Waals surface area contributed by atoms with Crippen LogP contribution in [0.25, 0.3) is 0 Å². The fraction of sp³-hybridized carbons (Fsp3) is 0.429. The normalized spacial score (nSPS) is 15.9. The van der Waals surface area contributed by atoms with Crippen molar-refractivity contribution in [2.75, 3.05) is 26.3 Å². The van der Waals surface area contributed by atoms with Crippen molar-refractivity contribution < 1.29 is 22.7 Å². The van der Waals surface area contributed by atoms with Crippen LogP contribution < -0.4 is 10.6 Å². The molecule has 37 heavy (non-hydrogen) atoms. The summed E-state index contributed by atoms with van der Waals surface area (Å²) >= 11 is 0. The van der Waals surface area contributed by atoms with E-state index in [2.05, 4.69) is 10.6 Å². The zero-order valence-corrected chi connectivity index (χ0v) is 22.3. The van der Waals surface area contributed by atoms with Gasteiger partial charge < -0.3 is 20.3 Å². The highest BCUT2D eigenvalue weighted by Gasteiger charge is 2.27. The lowest BCUT2D eigenvalue weighted by molar-refractivity contribution is -0.123. The lowest BCUT2D eigenvalue weighted by Crippen LogP contribution is -2.54. The molecule has 1 aliphatic heterocycles. The summed E-state index contributed by atoms with van der Waals surface area (Å²) in [6.45, 7) is 5.86. The Balaban J connectivity index is 1.75. The van der Waals surface area contributed by atoms with Crippen molar-refractivity contribution >= 4 is 21.8 Å². The minimum atomic E-state index is -3.67. The maximum Gasteiger partial charge on any atom is 0.318 e. The number of nitrogens with zero attached hydrogens (tertiary/aromatic N) is 1. The number of sulfone groups is 1. The van der Waals surface area contributed by atoms with Crippen LogP contribution in [0.1, 0.15) is 32.3 Å². The van der Waals surface area contributed by atoms with Crippen LogP contribution in [0.5, 0.6) is 0 Å². The number of urea groups is 1. The summed E-state index contributed by atoms with van der Waals surface area (Å²) in [4.78, 5) is 28.0. The van der Waals surface area contributed by atoms with Crippen LogP contribution in [0.2, 0.25) is 0 Å². The molecule has 3 rings (SSSR count). The van der Waals surface area contributed by atoms with E-state index in [1.165, 1.54) is 18.2 Å². The van der Waals surface area contributed by atoms with Gasteiger partial charge in [0.25, 0.3) is 0 Å². The molecule has 8 nitrogen and oxygen atoms in total. The maximum atomic E-state index is 13.4. The van der Waals surface area contributed by atoms with Crippen LogP contribution in [0.15, 0.2) is 77.0 Å². The van der Waals surface area contributed by atoms with Gasteiger partial charge in [0.2, 0.25) is 5.91 Å². The van der Waals surface area contributed by atoms with Crippen LogP contribution >= 0.6 is 0 Å². The molecule has 1 saturated heterocycles. The van der Waals surface area contributed by atoms with Gasteiger partial charge in [-0.15, -0.1) is 0 Å². The summed E-state index contributed by atoms with van der Waals surface area (Å²) in [5, 5.41) is 7.00. The number of carbonyl (C=O) groups excluding carboxylic acids is 2. The molecule has 200 valence electrons. The maximum absolute atomic E-state index is 13.4. The molecule has 0 aromatic heterocycles. The van der Waals surface area contributed by atoms with Gasteiger partial charge in [-0.1, -0.05) is 68.5 Å². The SMILES string of the molecule is CC(C)CC(NC(=O)N1CCOCC1)C(=O)NC(C=CS(=O)(=O)c1ccccc1)CCc1ccccc1. The van der Waals surface area contributed by atoms with Gasteiger partial charge in [-0.3, -0.25) is 4.79 Å². The Labute approximate surface area is 220 Å². The van der Waals surface area contributed by atoms with Gasteiger partial charge in [0.05, 0.1) is 18.1 Å². The first-order chi connectivity index (χ1) is 17.7. The second kappa shape index (κ2) is 13.9. The third kappa shape index (κ3) is 9.33. The van der Waals surface area contributed by atoms with Gasteiger partial charge in [0.15, 0.2) is 9.84 Å². The summed E-state index contributed by atoms with van der Waals surface area (Å²) in [6, 6.07) is 16.4. The third-order valence-corrected chi connectivity index (χ3v) is 7.54. The summed E-state index contributed by atoms with van der Waals surface area (Å²) in [5.74, 6) is -0.173. The van der Waals surface area contributed by atoms with Gasteiger partial charge in [-0.25, -0.2) is 13.2 Å². The minimum Gasteiger partial charge on any atom is -0.378 e. The molecule has 2 aromatic rings. The van der Waals surface area contributed by atoms with Gasteiger partial charge in [-0.05, 0) is 42.9 Å². The van der Waals surface area contributed by atoms with Crippen molar-refractivity contribution in [2.45, 2.75) is 50.1 Å². The average molecular weight is 528 g/mol. The standard InChI is InChI=1S/C28H37N3O5S/c1-22(2)21-26(30-28(33)31-16-18-36-19-17-31)27(32)29-24(14-13-23-9-5-3-6-10-23)15-20-37(34,35)25-11-7-4-8-12-25/h3-12,15,20,22,24,26H,13-14,16-19,21H2,1-2H3,(H,29,32)(H,30,33). The quantitative estimate of drug-likeness (QED) is 0.465. The largest absolute Gasteiger partial charge is 0.378 e. The number of amides is 3. The highest BCUT2D eigenvalue weighted by molar-refractivity contribution is 7.94. The minimum absolute atomic E-state index is 0.164. The Kier molecular flexibility index (Phi) is 10.7. The van der Waals surface area contributed by atoms with Gasteiger partial charge in [0, 0.05) is 24.5 Å². The van der Waals surface area contributed by atoms with Crippen LogP contribution in [0.3, 0.4) is 0 Å². The van der Waals surface area contributed by atoms with Crippen molar-refractivity contribution in [1.29, 1.82) is 0 Å². The van der Waals surface area contributed by atoms with Gasteiger partial charge in [0.1, 0.15) is 6.04 Å². The zero-order chi connectivity index (χ0) is 26.7. The summed E-state index contributed by atoms with van der Waals surface area (Å²) in [6.07, 6.45) is 3.14. The smallest absolute Gasteiger partial charge is 0.318 e. The van der Waals surface area contributed by atoms with Crippen molar-refractivity contribution in [3.05, 3.63) is 77.7 Å². The molecule has 1 aliphatic rings. The highest BCUT2D eigenvalue weighted by Crippen LogP contribution is 2.14. The Morgan fingerprint density at radius 3 is 2.22 bits per heavy atom. The molecule has 1 heterocycles. The molecular weight excluding hydrogens is 490 g/mol. The topological polar surface area (TPSA) is 105 Å². The van der Waals surface area contributed by atoms with Crippen LogP contribution in [0, 0.1) is 5.92 Å². The Morgan fingerprint density at radius 1 is 0.973 bits per heavy atom. The van der Waals surface area contributed by atoms with Crippen LogP contribution in [-0.4, -0.2) is 63.6 Å². The molecule has 2 atom stereocenters. The second-order valence-corrected chi connectivity index (χ2v) is 11.4. The Hall–Kier alpha value is -3.17. The van der Waals surface area contributed by atoms with E-state index < -0.39 is 21.9 Å². The predicted molar refractivity (Wildman–Crippen MR) is 144 cm³/mol. The number of nitrogens with one attached hydrogen (secondary N) is 2. The molecule has 0 radical (unpaired) electrons. The van der Waals surface area contributed by atoms with Crippen LogP contribution in [-0.2, 0) is 25.8 Å². The van der Waals surface area contributed by atoms with E-state index in [1.807, 2.05) is 44.2 Å². The first-order valence-electron chi connectivity index (χ1n) is 12.7. The highest BCUT2D eigenvalue weighted by atomic mass is 32.2. The fourth-order valence-corrected chi connectivity index (χ4v) is 5.15. The monoisotopic (exact) mass is 527 g/mol. The molecule has 0 saturated carbocycles. The fourth-order valence-electron chi connectivity index (χ4n) is 4.06. The number of ether oxygens (including phenoxy) is 1. The number of hydrogen-bond acceptors (Lipinski definition) is 5. The molecule has 1 fully saturated rings. The number of rotatable bonds is 11. The van der Waals surface area contributed by atoms with E-state index in [4.69, 9.17) is 4.74 Å². The van der Waals surface area contributed by atoms with Gasteiger partial charge >= 0.3 is 6.03 Å². The average Bonchev–Trinajstić information content (AvgIpc) is 2.91. The Morgan fingerprint density at radius 2 is 1.59 bits per heavy atom. The molecule has 0 spiro atoms. The first-order valence-corrected chi connectivity index (χ1v) is 14.2. The van der Waals surface area contributed by atoms with Crippen molar-refractivity contribution in [1.82, 2.24) is 15.5 Å². The predicted octanol–water partition coefficient (Wildman–Crippen LogP) is 3.55. The molecule has 0 aliphatic carbocycles. The first kappa shape index (κ1) is 28.4. The summed E-state index contributed by atoms with van der Waals surface area (Å²) < 4.78 is 31.0. The zero-order valence-electron chi connectivity index (χ0n) is 21.5. The number of benzene rings is 2. The van der Waals surface area contributed by atoms with E-state index in [0.717, 1.165) is 11.0 Å². The summed E-state index contributed by atoms with van der Waals surface area (Å²) in [7, 11) is -3.67. The van der Waals surface area contributed by atoms with Gasteiger partial charge in [-0.2, -0.15) is 0 Å². The second-order valence-electron chi connectivity index (χ2n) is 9.56. The number of morpholine rings is 1. The molecule has 2 unspecified atom stereocenters. The Bertz CT molecular complexity index is 1130. The summed E-state index contributed by atoms with van der Waals surface area (Å²) in [5.41, 5.74) is 1.08. The van der Waals surface area contributed by atoms with Crippen molar-refractivity contribution in [2.24, 2.45) is 5.92 Å². The molecule has 3 amide bonds. The lowest BCUT2D eigenvalue weighted by Gasteiger charge is -2.30. The van der Waals surface area contributed by atoms with E-state index in [-0.39, 0.29) is 22.8 Å². The van der Waals surface area contributed by atoms with Crippen molar-refractivity contribution in [3.8, 4) is 0 Å². The van der Waals surface area contributed by atoms with Crippen LogP contribution in [0.4, 0.5) is 4.79 Å². The lowest BCUT2D eigenvalue weighted by atomic mass is 10.0. The molecule has 2 aromatic carbocycles. The van der Waals surface area contributed by atoms with Crippen molar-refractivity contribution in [3.63, 3.8) is 0 Å². The number of aryl methyl sites for hydroxylation is 1.